The van der Waals surface area contributed by atoms with Crippen LogP contribution >= 0.6 is 0 Å². The zero-order chi connectivity index (χ0) is 11.1. The van der Waals surface area contributed by atoms with Gasteiger partial charge in [0.2, 0.25) is 0 Å². The molecule has 1 aromatic carbocycles. The number of hydrogen-bond acceptors (Lipinski definition) is 2. The number of rotatable bonds is 2. The summed E-state index contributed by atoms with van der Waals surface area (Å²) in [4.78, 5) is 0. The number of fused-ring (bicyclic) bond motifs is 1. The van der Waals surface area contributed by atoms with Crippen molar-refractivity contribution in [3.63, 3.8) is 0 Å². The fourth-order valence-electron chi connectivity index (χ4n) is 1.86. The Kier molecular flexibility index (Phi) is 2.31. The number of benzene rings is 1. The maximum Gasteiger partial charge on any atom is 0.134 e. The fraction of sp³-hybridized carbons (Fsp3) is 0.385. The Balaban J connectivity index is 2.70. The molecule has 2 rings (SSSR count). The molecule has 0 aliphatic heterocycles. The van der Waals surface area contributed by atoms with Gasteiger partial charge in [-0.15, -0.1) is 0 Å². The standard InChI is InChI=1S/C13H16O2/c1-9-7-10-11(13(2,3)8-14)5-4-6-12(10)15-9/h4-7,14H,8H2,1-3H3. The molecule has 0 spiro atoms. The maximum absolute atomic E-state index is 9.38. The Morgan fingerprint density at radius 2 is 2.07 bits per heavy atom. The second kappa shape index (κ2) is 3.38. The Morgan fingerprint density at radius 1 is 1.33 bits per heavy atom. The van der Waals surface area contributed by atoms with Gasteiger partial charge in [0.05, 0.1) is 6.61 Å². The number of aryl methyl sites for hydroxylation is 1. The molecule has 0 unspecified atom stereocenters. The summed E-state index contributed by atoms with van der Waals surface area (Å²) < 4.78 is 5.57. The molecule has 2 heteroatoms. The molecule has 15 heavy (non-hydrogen) atoms. The monoisotopic (exact) mass is 204 g/mol. The van der Waals surface area contributed by atoms with Gasteiger partial charge in [-0.3, -0.25) is 0 Å². The van der Waals surface area contributed by atoms with Crippen molar-refractivity contribution in [3.05, 3.63) is 35.6 Å². The lowest BCUT2D eigenvalue weighted by atomic mass is 9.83. The maximum atomic E-state index is 9.38. The first kappa shape index (κ1) is 10.2. The summed E-state index contributed by atoms with van der Waals surface area (Å²) in [5.41, 5.74) is 1.81. The summed E-state index contributed by atoms with van der Waals surface area (Å²) in [5.74, 6) is 0.909. The van der Waals surface area contributed by atoms with Gasteiger partial charge in [0.15, 0.2) is 0 Å². The molecule has 0 atom stereocenters. The number of aliphatic hydroxyl groups excluding tert-OH is 1. The lowest BCUT2D eigenvalue weighted by Crippen LogP contribution is -2.22. The van der Waals surface area contributed by atoms with Gasteiger partial charge >= 0.3 is 0 Å². The van der Waals surface area contributed by atoms with Gasteiger partial charge in [0.1, 0.15) is 11.3 Å². The largest absolute Gasteiger partial charge is 0.461 e. The third-order valence-corrected chi connectivity index (χ3v) is 2.81. The van der Waals surface area contributed by atoms with Crippen molar-refractivity contribution in [3.8, 4) is 0 Å². The van der Waals surface area contributed by atoms with Crippen molar-refractivity contribution in [2.45, 2.75) is 26.2 Å². The van der Waals surface area contributed by atoms with Gasteiger partial charge in [0.25, 0.3) is 0 Å². The van der Waals surface area contributed by atoms with Crippen LogP contribution < -0.4 is 0 Å². The quantitative estimate of drug-likeness (QED) is 0.815. The lowest BCUT2D eigenvalue weighted by Gasteiger charge is -2.22. The minimum Gasteiger partial charge on any atom is -0.461 e. The fourth-order valence-corrected chi connectivity index (χ4v) is 1.86. The van der Waals surface area contributed by atoms with Gasteiger partial charge in [-0.2, -0.15) is 0 Å². The highest BCUT2D eigenvalue weighted by atomic mass is 16.3. The van der Waals surface area contributed by atoms with Crippen LogP contribution in [0.5, 0.6) is 0 Å². The summed E-state index contributed by atoms with van der Waals surface area (Å²) in [7, 11) is 0. The van der Waals surface area contributed by atoms with Crippen LogP contribution in [0.3, 0.4) is 0 Å². The average molecular weight is 204 g/mol. The Labute approximate surface area is 89.5 Å². The van der Waals surface area contributed by atoms with E-state index in [-0.39, 0.29) is 12.0 Å². The van der Waals surface area contributed by atoms with Crippen LogP contribution in [0.15, 0.2) is 28.7 Å². The van der Waals surface area contributed by atoms with Gasteiger partial charge in [-0.25, -0.2) is 0 Å². The number of hydrogen-bond donors (Lipinski definition) is 1. The van der Waals surface area contributed by atoms with Gasteiger partial charge in [-0.05, 0) is 24.6 Å². The smallest absolute Gasteiger partial charge is 0.134 e. The van der Waals surface area contributed by atoms with E-state index in [9.17, 15) is 5.11 Å². The summed E-state index contributed by atoms with van der Waals surface area (Å²) in [6.45, 7) is 6.14. The van der Waals surface area contributed by atoms with E-state index in [0.29, 0.717) is 0 Å². The van der Waals surface area contributed by atoms with Crippen LogP contribution in [0.1, 0.15) is 25.2 Å². The molecular formula is C13H16O2. The minimum absolute atomic E-state index is 0.135. The van der Waals surface area contributed by atoms with Gasteiger partial charge < -0.3 is 9.52 Å². The first-order valence-electron chi connectivity index (χ1n) is 5.15. The first-order chi connectivity index (χ1) is 7.04. The highest BCUT2D eigenvalue weighted by molar-refractivity contribution is 5.82. The normalized spacial score (nSPS) is 12.3. The number of aliphatic hydroxyl groups is 1. The average Bonchev–Trinajstić information content (AvgIpc) is 2.57. The Morgan fingerprint density at radius 3 is 2.73 bits per heavy atom. The molecular weight excluding hydrogens is 188 g/mol. The van der Waals surface area contributed by atoms with Crippen LogP contribution in [0.2, 0.25) is 0 Å². The van der Waals surface area contributed by atoms with E-state index in [1.165, 1.54) is 0 Å². The molecule has 0 amide bonds. The zero-order valence-electron chi connectivity index (χ0n) is 9.37. The Bertz CT molecular complexity index is 480. The third-order valence-electron chi connectivity index (χ3n) is 2.81. The van der Waals surface area contributed by atoms with Crippen molar-refractivity contribution in [2.24, 2.45) is 0 Å². The van der Waals surface area contributed by atoms with Crippen molar-refractivity contribution < 1.29 is 9.52 Å². The molecule has 0 aliphatic carbocycles. The lowest BCUT2D eigenvalue weighted by molar-refractivity contribution is 0.219. The molecule has 0 radical (unpaired) electrons. The van der Waals surface area contributed by atoms with E-state index < -0.39 is 0 Å². The van der Waals surface area contributed by atoms with Crippen LogP contribution in [0, 0.1) is 6.92 Å². The van der Waals surface area contributed by atoms with Crippen molar-refractivity contribution in [1.82, 2.24) is 0 Å². The first-order valence-corrected chi connectivity index (χ1v) is 5.15. The molecule has 0 saturated heterocycles. The molecule has 0 aliphatic rings. The zero-order valence-corrected chi connectivity index (χ0v) is 9.37. The molecule has 80 valence electrons. The van der Waals surface area contributed by atoms with Crippen molar-refractivity contribution in [1.29, 1.82) is 0 Å². The van der Waals surface area contributed by atoms with Crippen LogP contribution in [-0.2, 0) is 5.41 Å². The highest BCUT2D eigenvalue weighted by Gasteiger charge is 2.22. The van der Waals surface area contributed by atoms with Gasteiger partial charge in [0, 0.05) is 10.8 Å². The molecule has 0 saturated carbocycles. The topological polar surface area (TPSA) is 33.4 Å². The highest BCUT2D eigenvalue weighted by Crippen LogP contribution is 2.31. The molecule has 1 aromatic heterocycles. The molecule has 2 nitrogen and oxygen atoms in total. The van der Waals surface area contributed by atoms with Crippen molar-refractivity contribution >= 4 is 11.0 Å². The van der Waals surface area contributed by atoms with E-state index >= 15 is 0 Å². The molecule has 1 N–H and O–H groups in total. The predicted molar refractivity (Wildman–Crippen MR) is 61.1 cm³/mol. The molecule has 0 fully saturated rings. The van der Waals surface area contributed by atoms with Crippen LogP contribution in [0.25, 0.3) is 11.0 Å². The second-order valence-corrected chi connectivity index (χ2v) is 4.62. The predicted octanol–water partition coefficient (Wildman–Crippen LogP) is 3.01. The van der Waals surface area contributed by atoms with E-state index in [4.69, 9.17) is 4.42 Å². The third kappa shape index (κ3) is 1.65. The van der Waals surface area contributed by atoms with Crippen LogP contribution in [0.4, 0.5) is 0 Å². The van der Waals surface area contributed by atoms with Crippen molar-refractivity contribution in [2.75, 3.05) is 6.61 Å². The molecule has 2 aromatic rings. The minimum atomic E-state index is -0.226. The summed E-state index contributed by atoms with van der Waals surface area (Å²) in [6.07, 6.45) is 0. The van der Waals surface area contributed by atoms with Gasteiger partial charge in [-0.1, -0.05) is 26.0 Å². The Hall–Kier alpha value is -1.28. The van der Waals surface area contributed by atoms with E-state index in [2.05, 4.69) is 0 Å². The SMILES string of the molecule is Cc1cc2c(C(C)(C)CO)cccc2o1. The molecule has 0 bridgehead atoms. The van der Waals surface area contributed by atoms with E-state index in [1.807, 2.05) is 45.0 Å². The second-order valence-electron chi connectivity index (χ2n) is 4.62. The van der Waals surface area contributed by atoms with Crippen LogP contribution in [-0.4, -0.2) is 11.7 Å². The number of furan rings is 1. The summed E-state index contributed by atoms with van der Waals surface area (Å²) in [5, 5.41) is 10.5. The summed E-state index contributed by atoms with van der Waals surface area (Å²) in [6, 6.07) is 8.01. The van der Waals surface area contributed by atoms with E-state index in [1.54, 1.807) is 0 Å². The summed E-state index contributed by atoms with van der Waals surface area (Å²) >= 11 is 0. The molecule has 1 heterocycles. The van der Waals surface area contributed by atoms with E-state index in [0.717, 1.165) is 22.3 Å².